The molecule has 1 fully saturated rings. The lowest BCUT2D eigenvalue weighted by Crippen LogP contribution is -2.68. The van der Waals surface area contributed by atoms with Crippen molar-refractivity contribution in [2.45, 2.75) is 44.7 Å². The molecule has 0 aromatic heterocycles. The van der Waals surface area contributed by atoms with E-state index in [0.717, 1.165) is 5.75 Å². The van der Waals surface area contributed by atoms with Gasteiger partial charge in [0, 0.05) is 12.0 Å². The molecule has 2 atom stereocenters. The lowest BCUT2D eigenvalue weighted by Gasteiger charge is -2.47. The topological polar surface area (TPSA) is 58.6 Å². The zero-order valence-corrected chi connectivity index (χ0v) is 11.8. The Morgan fingerprint density at radius 2 is 2.22 bits per heavy atom. The van der Waals surface area contributed by atoms with Crippen LogP contribution in [0, 0.1) is 0 Å². The Bertz CT molecular complexity index is 414. The zero-order valence-electron chi connectivity index (χ0n) is 11.0. The summed E-state index contributed by atoms with van der Waals surface area (Å²) in [7, 11) is 0. The summed E-state index contributed by atoms with van der Waals surface area (Å²) in [6.07, 6.45) is 1.32. The fourth-order valence-corrected chi connectivity index (χ4v) is 3.07. The lowest BCUT2D eigenvalue weighted by atomic mass is 10.1. The van der Waals surface area contributed by atoms with Gasteiger partial charge in [0.1, 0.15) is 17.0 Å². The number of ether oxygens (including phenoxy) is 1. The number of nitrogens with one attached hydrogen (secondary N) is 1. The van der Waals surface area contributed by atoms with Crippen molar-refractivity contribution in [3.05, 3.63) is 11.8 Å². The van der Waals surface area contributed by atoms with Gasteiger partial charge in [-0.1, -0.05) is 0 Å². The molecule has 0 saturated carbocycles. The third kappa shape index (κ3) is 2.63. The van der Waals surface area contributed by atoms with Gasteiger partial charge in [-0.2, -0.15) is 0 Å². The number of hydrogen-bond donors (Lipinski definition) is 1. The van der Waals surface area contributed by atoms with E-state index in [1.807, 2.05) is 13.1 Å². The van der Waals surface area contributed by atoms with Gasteiger partial charge in [-0.3, -0.25) is 4.79 Å². The number of alkyl carbamates (subject to hydrolysis) is 1. The average molecular weight is 270 g/mol. The van der Waals surface area contributed by atoms with Gasteiger partial charge in [0.2, 0.25) is 0 Å². The number of amides is 2. The van der Waals surface area contributed by atoms with Crippen molar-refractivity contribution in [3.8, 4) is 0 Å². The summed E-state index contributed by atoms with van der Waals surface area (Å²) in [5.74, 6) is 0.818. The number of carbonyl (C=O) groups is 2. The zero-order chi connectivity index (χ0) is 13.5. The first-order valence-electron chi connectivity index (χ1n) is 5.88. The van der Waals surface area contributed by atoms with Crippen LogP contribution in [0.2, 0.25) is 0 Å². The number of thioether (sulfide) groups is 1. The summed E-state index contributed by atoms with van der Waals surface area (Å²) in [6, 6.07) is -0.464. The summed E-state index contributed by atoms with van der Waals surface area (Å²) < 4.78 is 5.15. The van der Waals surface area contributed by atoms with Gasteiger partial charge >= 0.3 is 6.09 Å². The van der Waals surface area contributed by atoms with E-state index in [1.165, 1.54) is 5.57 Å². The number of β-lactam (4-membered cyclic amide) rings is 1. The molecule has 2 amide bonds. The van der Waals surface area contributed by atoms with Crippen molar-refractivity contribution in [1.29, 1.82) is 0 Å². The van der Waals surface area contributed by atoms with E-state index in [4.69, 9.17) is 4.74 Å². The molecule has 18 heavy (non-hydrogen) atoms. The highest BCUT2D eigenvalue weighted by atomic mass is 32.2. The first-order chi connectivity index (χ1) is 8.28. The van der Waals surface area contributed by atoms with E-state index in [0.29, 0.717) is 0 Å². The SMILES string of the molecule is CC1=CN2C(=O)[C@@H](NC(=O)OC(C)(C)C)[C@H]2SC1. The molecule has 0 aliphatic carbocycles. The summed E-state index contributed by atoms with van der Waals surface area (Å²) in [5, 5.41) is 2.64. The Morgan fingerprint density at radius 1 is 1.56 bits per heavy atom. The second kappa shape index (κ2) is 4.50. The number of hydrogen-bond acceptors (Lipinski definition) is 4. The molecular formula is C12H18N2O3S. The van der Waals surface area contributed by atoms with Crippen molar-refractivity contribution in [2.24, 2.45) is 0 Å². The second-order valence-corrected chi connectivity index (χ2v) is 6.65. The minimum absolute atomic E-state index is 0.00807. The van der Waals surface area contributed by atoms with Crippen molar-refractivity contribution >= 4 is 23.8 Å². The molecule has 0 aromatic carbocycles. The molecule has 2 aliphatic rings. The molecule has 0 bridgehead atoms. The molecule has 1 saturated heterocycles. The fraction of sp³-hybridized carbons (Fsp3) is 0.667. The molecule has 2 heterocycles. The Balaban J connectivity index is 1.93. The number of rotatable bonds is 1. The van der Waals surface area contributed by atoms with Crippen LogP contribution < -0.4 is 5.32 Å². The maximum absolute atomic E-state index is 11.8. The molecule has 0 spiro atoms. The maximum Gasteiger partial charge on any atom is 0.408 e. The highest BCUT2D eigenvalue weighted by molar-refractivity contribution is 8.00. The highest BCUT2D eigenvalue weighted by Crippen LogP contribution is 2.35. The van der Waals surface area contributed by atoms with Crippen LogP contribution in [0.3, 0.4) is 0 Å². The van der Waals surface area contributed by atoms with Gasteiger partial charge in [0.25, 0.3) is 5.91 Å². The van der Waals surface area contributed by atoms with Gasteiger partial charge in [-0.05, 0) is 33.3 Å². The molecule has 2 aliphatic heterocycles. The smallest absolute Gasteiger partial charge is 0.408 e. The van der Waals surface area contributed by atoms with Crippen LogP contribution in [0.15, 0.2) is 11.8 Å². The molecule has 6 heteroatoms. The van der Waals surface area contributed by atoms with Crippen LogP contribution in [0.4, 0.5) is 4.79 Å². The summed E-state index contributed by atoms with van der Waals surface area (Å²) in [6.45, 7) is 7.37. The van der Waals surface area contributed by atoms with Gasteiger partial charge in [-0.15, -0.1) is 11.8 Å². The van der Waals surface area contributed by atoms with Gasteiger partial charge < -0.3 is 15.0 Å². The molecular weight excluding hydrogens is 252 g/mol. The average Bonchev–Trinajstić information content (AvgIpc) is 2.23. The van der Waals surface area contributed by atoms with Crippen molar-refractivity contribution in [2.75, 3.05) is 5.75 Å². The molecule has 1 N–H and O–H groups in total. The quantitative estimate of drug-likeness (QED) is 0.737. The van der Waals surface area contributed by atoms with E-state index < -0.39 is 17.7 Å². The van der Waals surface area contributed by atoms with Crippen LogP contribution in [0.1, 0.15) is 27.7 Å². The van der Waals surface area contributed by atoms with Crippen molar-refractivity contribution in [1.82, 2.24) is 10.2 Å². The van der Waals surface area contributed by atoms with E-state index in [1.54, 1.807) is 37.4 Å². The first kappa shape index (κ1) is 13.3. The first-order valence-corrected chi connectivity index (χ1v) is 6.93. The van der Waals surface area contributed by atoms with Crippen molar-refractivity contribution in [3.63, 3.8) is 0 Å². The van der Waals surface area contributed by atoms with E-state index in [2.05, 4.69) is 5.32 Å². The fourth-order valence-electron chi connectivity index (χ4n) is 1.86. The van der Waals surface area contributed by atoms with Crippen LogP contribution >= 0.6 is 11.8 Å². The molecule has 2 rings (SSSR count). The summed E-state index contributed by atoms with van der Waals surface area (Å²) in [4.78, 5) is 25.1. The third-order valence-corrected chi connectivity index (χ3v) is 4.06. The van der Waals surface area contributed by atoms with Crippen LogP contribution in [0.5, 0.6) is 0 Å². The number of nitrogens with zero attached hydrogens (tertiary/aromatic N) is 1. The summed E-state index contributed by atoms with van der Waals surface area (Å²) >= 11 is 1.66. The minimum atomic E-state index is -0.549. The normalized spacial score (nSPS) is 27.0. The number of carbonyl (C=O) groups excluding carboxylic acids is 2. The van der Waals surface area contributed by atoms with Crippen LogP contribution in [-0.4, -0.2) is 39.7 Å². The van der Waals surface area contributed by atoms with Gasteiger partial charge in [-0.25, -0.2) is 4.79 Å². The van der Waals surface area contributed by atoms with E-state index in [-0.39, 0.29) is 11.3 Å². The lowest BCUT2D eigenvalue weighted by molar-refractivity contribution is -0.141. The molecule has 0 radical (unpaired) electrons. The summed E-state index contributed by atoms with van der Waals surface area (Å²) in [5.41, 5.74) is 0.618. The van der Waals surface area contributed by atoms with Crippen molar-refractivity contribution < 1.29 is 14.3 Å². The molecule has 5 nitrogen and oxygen atoms in total. The van der Waals surface area contributed by atoms with Crippen LogP contribution in [0.25, 0.3) is 0 Å². The van der Waals surface area contributed by atoms with E-state index in [9.17, 15) is 9.59 Å². The monoisotopic (exact) mass is 270 g/mol. The predicted molar refractivity (Wildman–Crippen MR) is 70.0 cm³/mol. The third-order valence-electron chi connectivity index (χ3n) is 2.59. The number of fused-ring (bicyclic) bond motifs is 1. The molecule has 100 valence electrons. The van der Waals surface area contributed by atoms with Crippen LogP contribution in [-0.2, 0) is 9.53 Å². The largest absolute Gasteiger partial charge is 0.444 e. The molecule has 0 unspecified atom stereocenters. The maximum atomic E-state index is 11.8. The van der Waals surface area contributed by atoms with Gasteiger partial charge in [0.15, 0.2) is 0 Å². The molecule has 0 aromatic rings. The Morgan fingerprint density at radius 3 is 2.83 bits per heavy atom. The van der Waals surface area contributed by atoms with Gasteiger partial charge in [0.05, 0.1) is 0 Å². The minimum Gasteiger partial charge on any atom is -0.444 e. The Labute approximate surface area is 111 Å². The Hall–Kier alpha value is -1.17. The standard InChI is InChI=1S/C12H18N2O3S/c1-7-5-14-9(15)8(10(14)18-6-7)13-11(16)17-12(2,3)4/h5,8,10H,6H2,1-4H3,(H,13,16)/t8-,10-/m1/s1. The highest BCUT2D eigenvalue weighted by Gasteiger charge is 2.49. The van der Waals surface area contributed by atoms with E-state index >= 15 is 0 Å². The second-order valence-electron chi connectivity index (χ2n) is 5.55. The predicted octanol–water partition coefficient (Wildman–Crippen LogP) is 1.70. The Kier molecular flexibility index (Phi) is 3.31.